The molecular formula is C45H38B2FN5S+4. The Labute approximate surface area is 323 Å². The zero-order chi connectivity index (χ0) is 37.8. The zero-order valence-corrected chi connectivity index (χ0v) is 31.1. The maximum Gasteiger partial charge on any atom is 0.586 e. The Kier molecular flexibility index (Phi) is 10.7. The van der Waals surface area contributed by atoms with Gasteiger partial charge in [-0.1, -0.05) is 60.1 Å². The Morgan fingerprint density at radius 2 is 1.15 bits per heavy atom. The van der Waals surface area contributed by atoms with Crippen LogP contribution in [0.5, 0.6) is 0 Å². The highest BCUT2D eigenvalue weighted by molar-refractivity contribution is 7.73. The van der Waals surface area contributed by atoms with Gasteiger partial charge < -0.3 is 4.90 Å². The van der Waals surface area contributed by atoms with Crippen LogP contribution in [0.1, 0.15) is 5.56 Å². The minimum atomic E-state index is 0.500. The molecule has 8 rings (SSSR count). The lowest BCUT2D eigenvalue weighted by atomic mass is 9.91. The molecule has 54 heavy (non-hydrogen) atoms. The molecule has 8 aromatic rings. The van der Waals surface area contributed by atoms with Gasteiger partial charge in [-0.05, 0) is 80.0 Å². The highest BCUT2D eigenvalue weighted by atomic mass is 32.1. The summed E-state index contributed by atoms with van der Waals surface area (Å²) in [6.07, 6.45) is 11.5. The normalized spacial score (nSPS) is 10.9. The van der Waals surface area contributed by atoms with E-state index in [0.717, 1.165) is 71.9 Å². The fourth-order valence-corrected chi connectivity index (χ4v) is 7.11. The first-order chi connectivity index (χ1) is 26.3. The summed E-state index contributed by atoms with van der Waals surface area (Å²) in [6.45, 7) is 5.11. The van der Waals surface area contributed by atoms with E-state index in [1.54, 1.807) is 8.45 Å². The molecule has 4 radical (unpaired) electrons. The molecule has 9 heteroatoms. The van der Waals surface area contributed by atoms with E-state index in [1.807, 2.05) is 73.1 Å². The Hall–Kier alpha value is -6.05. The molecule has 0 aliphatic heterocycles. The van der Waals surface area contributed by atoms with Gasteiger partial charge in [-0.3, -0.25) is 8.87 Å². The first-order valence-electron chi connectivity index (χ1n) is 17.4. The zero-order valence-electron chi connectivity index (χ0n) is 30.2. The lowest BCUT2D eigenvalue weighted by molar-refractivity contribution is -0.521. The lowest BCUT2D eigenvalue weighted by Crippen LogP contribution is -2.29. The summed E-state index contributed by atoms with van der Waals surface area (Å²) in [5.74, 6) is 0. The molecule has 0 saturated carbocycles. The first-order valence-corrected chi connectivity index (χ1v) is 17.8. The molecule has 0 atom stereocenters. The number of H-pyrrole nitrogens is 1. The van der Waals surface area contributed by atoms with Gasteiger partial charge in [0, 0.05) is 54.0 Å². The standard InChI is InChI=1S/C44H34B2N5S.CH3F/c1-48(2)43-39-13-7-35(33-17-23-49(46)24-18-33)27-41(39)42-28-36(34-19-25-50(52)26-20-34)8-14-40(42)44(43)51(38-11-9-37(45)10-12-38)29-30-3-5-31(6-4-30)32-15-21-47-22-16-32;1-2/h3-28,52H,1,29H2,2H3;1H3/q+3;/p+1. The van der Waals surface area contributed by atoms with Crippen LogP contribution in [0.4, 0.5) is 21.5 Å². The molecular weight excluding hydrogens is 683 g/mol. The van der Waals surface area contributed by atoms with Gasteiger partial charge in [0.15, 0.2) is 24.8 Å². The van der Waals surface area contributed by atoms with Gasteiger partial charge >= 0.3 is 7.98 Å². The van der Waals surface area contributed by atoms with Crippen molar-refractivity contribution in [3.63, 3.8) is 0 Å². The number of hydrogen-bond donors (Lipinski definition) is 1. The molecule has 0 aliphatic rings. The number of aromatic nitrogens is 3. The van der Waals surface area contributed by atoms with Crippen LogP contribution in [0.25, 0.3) is 54.9 Å². The molecule has 5 aromatic carbocycles. The number of halogens is 1. The summed E-state index contributed by atoms with van der Waals surface area (Å²) in [5.41, 5.74) is 11.8. The minimum absolute atomic E-state index is 0.500. The fourth-order valence-electron chi connectivity index (χ4n) is 6.98. The lowest BCUT2D eigenvalue weighted by Gasteiger charge is -2.28. The molecule has 0 spiro atoms. The van der Waals surface area contributed by atoms with E-state index in [0.29, 0.717) is 13.7 Å². The topological polar surface area (TPSA) is 28.1 Å². The number of fused-ring (bicyclic) bond motifs is 3. The van der Waals surface area contributed by atoms with Crippen molar-refractivity contribution in [2.24, 2.45) is 0 Å². The van der Waals surface area contributed by atoms with Gasteiger partial charge in [0.05, 0.1) is 12.6 Å². The summed E-state index contributed by atoms with van der Waals surface area (Å²) >= 11 is 4.46. The second-order valence-electron chi connectivity index (χ2n) is 13.1. The third-order valence-electron chi connectivity index (χ3n) is 9.60. The number of hydrogen-bond acceptors (Lipinski definition) is 2. The third kappa shape index (κ3) is 7.41. The van der Waals surface area contributed by atoms with Crippen LogP contribution in [0.2, 0.25) is 0 Å². The van der Waals surface area contributed by atoms with E-state index in [-0.39, 0.29) is 0 Å². The van der Waals surface area contributed by atoms with Crippen molar-refractivity contribution in [1.29, 1.82) is 0 Å². The van der Waals surface area contributed by atoms with E-state index >= 15 is 0 Å². The molecule has 3 aromatic heterocycles. The molecule has 5 nitrogen and oxygen atoms in total. The highest BCUT2D eigenvalue weighted by Gasteiger charge is 2.27. The Balaban J connectivity index is 0.00000221. The highest BCUT2D eigenvalue weighted by Crippen LogP contribution is 2.48. The van der Waals surface area contributed by atoms with E-state index < -0.39 is 0 Å². The summed E-state index contributed by atoms with van der Waals surface area (Å²) in [7, 11) is 14.7. The minimum Gasteiger partial charge on any atom is -0.331 e. The van der Waals surface area contributed by atoms with Crippen molar-refractivity contribution < 1.29 is 22.4 Å². The maximum atomic E-state index is 9.50. The van der Waals surface area contributed by atoms with E-state index in [4.69, 9.17) is 15.8 Å². The molecule has 0 saturated heterocycles. The predicted octanol–water partition coefficient (Wildman–Crippen LogP) is 7.70. The summed E-state index contributed by atoms with van der Waals surface area (Å²) in [4.78, 5) is 5.51. The van der Waals surface area contributed by atoms with Crippen molar-refractivity contribution in [2.45, 2.75) is 6.54 Å². The largest absolute Gasteiger partial charge is 0.586 e. The number of pyridine rings is 3. The van der Waals surface area contributed by atoms with Crippen molar-refractivity contribution in [3.05, 3.63) is 164 Å². The third-order valence-corrected chi connectivity index (χ3v) is 9.87. The molecule has 0 unspecified atom stereocenters. The first kappa shape index (κ1) is 36.3. The van der Waals surface area contributed by atoms with Crippen LogP contribution in [0, 0.1) is 0 Å². The Morgan fingerprint density at radius 3 is 1.74 bits per heavy atom. The monoisotopic (exact) mass is 721 g/mol. The number of nitrogens with one attached hydrogen (secondary N) is 1. The molecule has 258 valence electrons. The van der Waals surface area contributed by atoms with Crippen LogP contribution in [0.3, 0.4) is 0 Å². The molecule has 1 N–H and O–H groups in total. The van der Waals surface area contributed by atoms with Gasteiger partial charge in [0.2, 0.25) is 5.69 Å². The van der Waals surface area contributed by atoms with Crippen LogP contribution in [-0.2, 0) is 6.54 Å². The van der Waals surface area contributed by atoms with E-state index in [2.05, 4.69) is 126 Å². The molecule has 0 fully saturated rings. The van der Waals surface area contributed by atoms with E-state index in [1.165, 1.54) is 11.1 Å². The number of thiol groups is 1. The van der Waals surface area contributed by atoms with Crippen LogP contribution in [-0.4, -0.2) is 41.3 Å². The van der Waals surface area contributed by atoms with Crippen molar-refractivity contribution >= 4 is 79.4 Å². The van der Waals surface area contributed by atoms with Crippen LogP contribution in [0.15, 0.2) is 159 Å². The average molecular weight is 722 g/mol. The van der Waals surface area contributed by atoms with E-state index in [9.17, 15) is 4.39 Å². The van der Waals surface area contributed by atoms with Gasteiger partial charge in [-0.15, -0.1) is 3.97 Å². The maximum absolute atomic E-state index is 9.50. The number of anilines is 2. The number of nitrogens with zero attached hydrogens (tertiary/aromatic N) is 4. The van der Waals surface area contributed by atoms with Gasteiger partial charge in [0.25, 0.3) is 0 Å². The number of rotatable bonds is 8. The Bertz CT molecular complexity index is 2580. The van der Waals surface area contributed by atoms with Gasteiger partial charge in [0.1, 0.15) is 52.5 Å². The van der Waals surface area contributed by atoms with Gasteiger partial charge in [-0.2, -0.15) is 0 Å². The number of alkyl halides is 1. The quantitative estimate of drug-likeness (QED) is 0.0563. The number of aromatic amines is 1. The fraction of sp³-hybridized carbons (Fsp3) is 0.0667. The number of benzene rings is 5. The van der Waals surface area contributed by atoms with Gasteiger partial charge in [-0.25, -0.2) is 9.56 Å². The SMILES string of the molecule is CF.[B]c1ccc(N(Cc2ccc(-c3cc[nH+]cc3)cc2)c2c([N+](=C)C)c3ccc(-c4cc[n+]([B])cc4)cc3c3cc(-c4cc[n+](S)cc4)ccc23)cc1. The Morgan fingerprint density at radius 1 is 0.648 bits per heavy atom. The molecule has 0 aliphatic carbocycles. The molecule has 3 heterocycles. The smallest absolute Gasteiger partial charge is 0.331 e. The second kappa shape index (κ2) is 15.9. The van der Waals surface area contributed by atoms with Crippen LogP contribution >= 0.6 is 12.8 Å². The molecule has 0 bridgehead atoms. The summed E-state index contributed by atoms with van der Waals surface area (Å²) in [5, 5.41) is 4.48. The predicted molar refractivity (Wildman–Crippen MR) is 224 cm³/mol. The second-order valence-corrected chi connectivity index (χ2v) is 13.5. The summed E-state index contributed by atoms with van der Waals surface area (Å²) in [6, 6.07) is 42.8. The van der Waals surface area contributed by atoms with Crippen LogP contribution < -0.4 is 23.8 Å². The summed E-state index contributed by atoms with van der Waals surface area (Å²) < 4.78 is 14.8. The molecule has 0 amide bonds. The van der Waals surface area contributed by atoms with Crippen molar-refractivity contribution in [3.8, 4) is 33.4 Å². The van der Waals surface area contributed by atoms with Crippen molar-refractivity contribution in [1.82, 2.24) is 0 Å². The average Bonchev–Trinajstić information content (AvgIpc) is 3.21. The van der Waals surface area contributed by atoms with Crippen molar-refractivity contribution in [2.75, 3.05) is 19.1 Å².